The molecule has 0 N–H and O–H groups in total. The SMILES string of the molecule is Cc1ccc2c(c1)c1cc(C)ccc1n2-c1ccc(-c2c(C#N)c(-c3cc(-c4ccccc4)nc(-c4ccccc4)n3)c(-c3ccc(-n4c5ccc(C)cc5c5cc(C)ccc54)cc3)c(-c3cccc4sc5ccccc5c34)c2-c2cccc3sc4ccccc4c23)cc1. The highest BCUT2D eigenvalue weighted by Gasteiger charge is 2.33. The van der Waals surface area contributed by atoms with Gasteiger partial charge in [-0.15, -0.1) is 22.7 Å². The number of fused-ring (bicyclic) bond motifs is 12. The summed E-state index contributed by atoms with van der Waals surface area (Å²) in [7, 11) is 0. The van der Waals surface area contributed by atoms with Crippen LogP contribution in [0, 0.1) is 39.0 Å². The minimum atomic E-state index is 0.511. The topological polar surface area (TPSA) is 59.4 Å². The van der Waals surface area contributed by atoms with Crippen LogP contribution in [0.1, 0.15) is 27.8 Å². The maximum atomic E-state index is 12.9. The maximum absolute atomic E-state index is 12.9. The Hall–Kier alpha value is -11.5. The lowest BCUT2D eigenvalue weighted by atomic mass is 9.75. The Morgan fingerprint density at radius 1 is 0.309 bits per heavy atom. The van der Waals surface area contributed by atoms with Crippen molar-refractivity contribution >= 4 is 107 Å². The number of nitriles is 1. The predicted molar refractivity (Wildman–Crippen MR) is 398 cm³/mol. The molecule has 5 heterocycles. The lowest BCUT2D eigenvalue weighted by Crippen LogP contribution is -2.05. The minimum Gasteiger partial charge on any atom is -0.309 e. The van der Waals surface area contributed by atoms with Crippen LogP contribution in [0.15, 0.2) is 273 Å². The normalized spacial score (nSPS) is 11.8. The van der Waals surface area contributed by atoms with E-state index in [0.29, 0.717) is 17.1 Å². The molecule has 442 valence electrons. The van der Waals surface area contributed by atoms with Crippen LogP contribution >= 0.6 is 22.7 Å². The molecule has 18 rings (SSSR count). The number of nitrogens with zero attached hydrogens (tertiary/aromatic N) is 5. The van der Waals surface area contributed by atoms with Crippen molar-refractivity contribution in [1.29, 1.82) is 5.26 Å². The fraction of sp³-hybridized carbons (Fsp3) is 0.0460. The van der Waals surface area contributed by atoms with Gasteiger partial charge in [0.1, 0.15) is 6.07 Å². The van der Waals surface area contributed by atoms with Gasteiger partial charge >= 0.3 is 0 Å². The molecule has 18 aromatic rings. The highest BCUT2D eigenvalue weighted by atomic mass is 32.1. The number of aromatic nitrogens is 4. The fourth-order valence-electron chi connectivity index (χ4n) is 14.9. The van der Waals surface area contributed by atoms with Gasteiger partial charge in [0.2, 0.25) is 0 Å². The molecule has 5 nitrogen and oxygen atoms in total. The first-order valence-electron chi connectivity index (χ1n) is 31.9. The third kappa shape index (κ3) is 8.79. The molecule has 0 radical (unpaired) electrons. The van der Waals surface area contributed by atoms with Gasteiger partial charge in [0.25, 0.3) is 0 Å². The molecule has 0 spiro atoms. The summed E-state index contributed by atoms with van der Waals surface area (Å²) in [5.41, 5.74) is 23.6. The van der Waals surface area contributed by atoms with Crippen molar-refractivity contribution < 1.29 is 0 Å². The predicted octanol–water partition coefficient (Wildman–Crippen LogP) is 24.2. The van der Waals surface area contributed by atoms with E-state index < -0.39 is 0 Å². The first-order chi connectivity index (χ1) is 46.2. The summed E-state index contributed by atoms with van der Waals surface area (Å²) in [6.07, 6.45) is 0. The van der Waals surface area contributed by atoms with Gasteiger partial charge in [-0.1, -0.05) is 192 Å². The van der Waals surface area contributed by atoms with E-state index in [1.54, 1.807) is 0 Å². The second-order valence-electron chi connectivity index (χ2n) is 25.0. The highest BCUT2D eigenvalue weighted by molar-refractivity contribution is 7.26. The van der Waals surface area contributed by atoms with Gasteiger partial charge in [0.05, 0.1) is 39.0 Å². The van der Waals surface area contributed by atoms with Crippen molar-refractivity contribution in [1.82, 2.24) is 19.1 Å². The van der Waals surface area contributed by atoms with Crippen LogP contribution in [-0.4, -0.2) is 19.1 Å². The Labute approximate surface area is 551 Å². The molecule has 0 unspecified atom stereocenters. The smallest absolute Gasteiger partial charge is 0.160 e. The number of benzene rings is 13. The number of thiophene rings is 2. The Balaban J connectivity index is 1.03. The van der Waals surface area contributed by atoms with Gasteiger partial charge in [0, 0.05) is 107 Å². The molecule has 5 aromatic heterocycles. The van der Waals surface area contributed by atoms with Crippen molar-refractivity contribution in [3.8, 4) is 95.9 Å². The van der Waals surface area contributed by atoms with Crippen LogP contribution in [0.4, 0.5) is 0 Å². The molecule has 13 aromatic carbocycles. The van der Waals surface area contributed by atoms with E-state index in [0.717, 1.165) is 111 Å². The van der Waals surface area contributed by atoms with Gasteiger partial charge in [-0.25, -0.2) is 9.97 Å². The minimum absolute atomic E-state index is 0.511. The molecule has 0 saturated heterocycles. The van der Waals surface area contributed by atoms with Gasteiger partial charge in [0.15, 0.2) is 5.82 Å². The summed E-state index contributed by atoms with van der Waals surface area (Å²) in [4.78, 5) is 11.1. The fourth-order valence-corrected chi connectivity index (χ4v) is 17.1. The van der Waals surface area contributed by atoms with Crippen LogP contribution in [0.25, 0.3) is 174 Å². The van der Waals surface area contributed by atoms with Crippen molar-refractivity contribution in [3.63, 3.8) is 0 Å². The first kappa shape index (κ1) is 55.3. The molecule has 94 heavy (non-hydrogen) atoms. The Kier molecular flexibility index (Phi) is 12.8. The molecular weight excluding hydrogens is 1180 g/mol. The van der Waals surface area contributed by atoms with E-state index in [9.17, 15) is 5.26 Å². The van der Waals surface area contributed by atoms with Crippen LogP contribution in [-0.2, 0) is 0 Å². The number of hydrogen-bond acceptors (Lipinski definition) is 5. The summed E-state index contributed by atoms with van der Waals surface area (Å²) in [6.45, 7) is 8.68. The third-order valence-corrected chi connectivity index (χ3v) is 21.3. The lowest BCUT2D eigenvalue weighted by Gasteiger charge is -2.27. The summed E-state index contributed by atoms with van der Waals surface area (Å²) in [5.74, 6) is 0.563. The van der Waals surface area contributed by atoms with E-state index >= 15 is 0 Å². The van der Waals surface area contributed by atoms with Crippen LogP contribution in [0.5, 0.6) is 0 Å². The molecule has 0 aliphatic heterocycles. The number of hydrogen-bond donors (Lipinski definition) is 0. The summed E-state index contributed by atoms with van der Waals surface area (Å²) < 4.78 is 9.54. The zero-order chi connectivity index (χ0) is 62.9. The van der Waals surface area contributed by atoms with Gasteiger partial charge in [-0.3, -0.25) is 0 Å². The van der Waals surface area contributed by atoms with Gasteiger partial charge in [-0.05, 0) is 159 Å². The zero-order valence-corrected chi connectivity index (χ0v) is 53.7. The Morgan fingerprint density at radius 3 is 1.16 bits per heavy atom. The van der Waals surface area contributed by atoms with Crippen molar-refractivity contribution in [2.75, 3.05) is 0 Å². The van der Waals surface area contributed by atoms with Crippen LogP contribution in [0.2, 0.25) is 0 Å². The average molecular weight is 1240 g/mol. The van der Waals surface area contributed by atoms with Gasteiger partial charge in [-0.2, -0.15) is 5.26 Å². The second-order valence-corrected chi connectivity index (χ2v) is 27.1. The molecule has 0 aliphatic carbocycles. The summed E-state index contributed by atoms with van der Waals surface area (Å²) in [6, 6.07) is 102. The maximum Gasteiger partial charge on any atom is 0.160 e. The number of rotatable bonds is 9. The Morgan fingerprint density at radius 2 is 0.702 bits per heavy atom. The molecule has 0 saturated carbocycles. The van der Waals surface area contributed by atoms with E-state index in [4.69, 9.17) is 9.97 Å². The van der Waals surface area contributed by atoms with E-state index in [-0.39, 0.29) is 0 Å². The molecular formula is C87H57N5S2. The summed E-state index contributed by atoms with van der Waals surface area (Å²) >= 11 is 3.63. The van der Waals surface area contributed by atoms with Crippen molar-refractivity contribution in [2.45, 2.75) is 27.7 Å². The lowest BCUT2D eigenvalue weighted by molar-refractivity contribution is 1.18. The molecule has 0 amide bonds. The molecule has 0 fully saturated rings. The third-order valence-electron chi connectivity index (χ3n) is 19.0. The summed E-state index contributed by atoms with van der Waals surface area (Å²) in [5, 5.41) is 22.5. The molecule has 0 atom stereocenters. The number of aryl methyl sites for hydroxylation is 4. The Bertz CT molecular complexity index is 6020. The van der Waals surface area contributed by atoms with Crippen molar-refractivity contribution in [3.05, 3.63) is 301 Å². The quantitative estimate of drug-likeness (QED) is 0.145. The van der Waals surface area contributed by atoms with Crippen molar-refractivity contribution in [2.24, 2.45) is 0 Å². The van der Waals surface area contributed by atoms with Crippen LogP contribution < -0.4 is 0 Å². The second kappa shape index (κ2) is 21.8. The monoisotopic (exact) mass is 1240 g/mol. The average Bonchev–Trinajstić information content (AvgIpc) is 1.35. The highest BCUT2D eigenvalue weighted by Crippen LogP contribution is 2.57. The molecule has 0 bridgehead atoms. The van der Waals surface area contributed by atoms with Crippen LogP contribution in [0.3, 0.4) is 0 Å². The van der Waals surface area contributed by atoms with E-state index in [1.807, 2.05) is 46.9 Å². The largest absolute Gasteiger partial charge is 0.309 e. The van der Waals surface area contributed by atoms with E-state index in [1.165, 1.54) is 73.4 Å². The molecule has 7 heteroatoms. The van der Waals surface area contributed by atoms with Gasteiger partial charge < -0.3 is 9.13 Å². The van der Waals surface area contributed by atoms with E-state index in [2.05, 4.69) is 292 Å². The standard InChI is InChI=1S/C87H57N5S2/c1-51-29-41-72-65(45-51)66-46-52(2)30-42-73(66)91(72)59-37-33-56(34-38-59)80-69(50-88)84(71-49-70(55-17-7-5-8-18-55)89-87(90-71)58-19-9-6-10-20-58)81(57-35-39-60(40-36-57)92-74-43-31-53(3)47-67(74)68-48-54(4)32-44-75(68)92)86(64-24-16-28-79-83(64)62-22-12-14-26-77(62)94-79)85(80)63-23-15-27-78-82(63)61-21-11-13-25-76(61)93-78/h5-49H,1-4H3. The zero-order valence-electron chi connectivity index (χ0n) is 52.0. The molecule has 0 aliphatic rings. The first-order valence-corrected chi connectivity index (χ1v) is 33.5.